The highest BCUT2D eigenvalue weighted by Gasteiger charge is 2.26. The maximum atomic E-state index is 11.6. The molecule has 0 saturated carbocycles. The molecule has 0 aliphatic carbocycles. The first kappa shape index (κ1) is 14.7. The number of piperazine rings is 1. The molecule has 124 valence electrons. The van der Waals surface area contributed by atoms with E-state index >= 15 is 0 Å². The van der Waals surface area contributed by atoms with Gasteiger partial charge < -0.3 is 20.4 Å². The highest BCUT2D eigenvalue weighted by Crippen LogP contribution is 2.35. The summed E-state index contributed by atoms with van der Waals surface area (Å²) in [5, 5.41) is 2.82. The summed E-state index contributed by atoms with van der Waals surface area (Å²) in [5.41, 5.74) is 9.30. The Morgan fingerprint density at radius 3 is 3.04 bits per heavy atom. The number of hydrogen-bond acceptors (Lipinski definition) is 7. The second-order valence-electron chi connectivity index (χ2n) is 5.73. The second kappa shape index (κ2) is 5.97. The summed E-state index contributed by atoms with van der Waals surface area (Å²) >= 11 is 0. The molecule has 1 fully saturated rings. The third kappa shape index (κ3) is 2.61. The zero-order chi connectivity index (χ0) is 16.5. The van der Waals surface area contributed by atoms with Crippen LogP contribution in [0.5, 0.6) is 5.75 Å². The number of hydrogen-bond donors (Lipinski definition) is 3. The van der Waals surface area contributed by atoms with Crippen molar-refractivity contribution < 1.29 is 9.53 Å². The summed E-state index contributed by atoms with van der Waals surface area (Å²) in [6.07, 6.45) is 1.54. The lowest BCUT2D eigenvalue weighted by atomic mass is 10.0. The minimum atomic E-state index is -0.101. The van der Waals surface area contributed by atoms with E-state index in [9.17, 15) is 4.79 Å². The lowest BCUT2D eigenvalue weighted by Gasteiger charge is -2.27. The Bertz CT molecular complexity index is 781. The lowest BCUT2D eigenvalue weighted by Crippen LogP contribution is -2.48. The van der Waals surface area contributed by atoms with Crippen molar-refractivity contribution in [3.63, 3.8) is 0 Å². The molecule has 1 unspecified atom stereocenters. The number of carbonyl (C=O) groups excluding carboxylic acids is 1. The molecule has 24 heavy (non-hydrogen) atoms. The van der Waals surface area contributed by atoms with Gasteiger partial charge >= 0.3 is 0 Å². The van der Waals surface area contributed by atoms with E-state index in [2.05, 4.69) is 26.1 Å². The topological polar surface area (TPSA) is 91.4 Å². The number of rotatable bonds is 3. The van der Waals surface area contributed by atoms with Gasteiger partial charge in [0.2, 0.25) is 5.91 Å². The van der Waals surface area contributed by atoms with Gasteiger partial charge in [-0.25, -0.2) is 15.4 Å². The van der Waals surface area contributed by atoms with Gasteiger partial charge in [0.1, 0.15) is 17.9 Å². The van der Waals surface area contributed by atoms with Crippen molar-refractivity contribution in [3.8, 4) is 5.75 Å². The fraction of sp³-hybridized carbons (Fsp3) is 0.312. The van der Waals surface area contributed by atoms with Gasteiger partial charge in [0.15, 0.2) is 0 Å². The molecule has 0 spiro atoms. The molecule has 2 aliphatic heterocycles. The molecule has 1 amide bonds. The number of carbonyl (C=O) groups is 1. The number of aromatic nitrogens is 2. The van der Waals surface area contributed by atoms with E-state index in [0.29, 0.717) is 13.1 Å². The van der Waals surface area contributed by atoms with Crippen LogP contribution in [-0.2, 0) is 4.79 Å². The average molecular weight is 326 g/mol. The summed E-state index contributed by atoms with van der Waals surface area (Å²) in [6.45, 7) is 1.68. The number of ether oxygens (including phenoxy) is 1. The number of benzene rings is 1. The number of anilines is 2. The van der Waals surface area contributed by atoms with Gasteiger partial charge in [0.05, 0.1) is 31.1 Å². The monoisotopic (exact) mass is 326 g/mol. The average Bonchev–Trinajstić information content (AvgIpc) is 3.05. The van der Waals surface area contributed by atoms with Gasteiger partial charge in [0.25, 0.3) is 0 Å². The number of methoxy groups -OCH3 is 1. The van der Waals surface area contributed by atoms with Crippen LogP contribution in [0.3, 0.4) is 0 Å². The summed E-state index contributed by atoms with van der Waals surface area (Å²) in [5.74, 6) is 1.57. The quantitative estimate of drug-likeness (QED) is 0.754. The van der Waals surface area contributed by atoms with E-state index in [1.807, 2.05) is 29.2 Å². The molecule has 2 aromatic rings. The Morgan fingerprint density at radius 2 is 2.21 bits per heavy atom. The van der Waals surface area contributed by atoms with Crippen LogP contribution in [-0.4, -0.2) is 42.6 Å². The summed E-state index contributed by atoms with van der Waals surface area (Å²) in [7, 11) is 1.65. The van der Waals surface area contributed by atoms with Crippen LogP contribution < -0.4 is 25.8 Å². The van der Waals surface area contributed by atoms with Crippen LogP contribution in [0.4, 0.5) is 11.5 Å². The molecule has 0 radical (unpaired) electrons. The zero-order valence-corrected chi connectivity index (χ0v) is 13.2. The number of nitrogens with one attached hydrogen (secondary N) is 3. The Labute approximate surface area is 139 Å². The van der Waals surface area contributed by atoms with Gasteiger partial charge in [-0.05, 0) is 18.2 Å². The van der Waals surface area contributed by atoms with Gasteiger partial charge in [-0.1, -0.05) is 0 Å². The highest BCUT2D eigenvalue weighted by atomic mass is 16.5. The molecular formula is C16H18N6O2. The zero-order valence-electron chi connectivity index (χ0n) is 13.2. The second-order valence-corrected chi connectivity index (χ2v) is 5.73. The number of fused-ring (bicyclic) bond motifs is 1. The third-order valence-corrected chi connectivity index (χ3v) is 4.25. The van der Waals surface area contributed by atoms with E-state index in [4.69, 9.17) is 4.74 Å². The minimum Gasteiger partial charge on any atom is -0.497 e. The molecule has 1 atom stereocenters. The van der Waals surface area contributed by atoms with Crippen molar-refractivity contribution in [2.75, 3.05) is 37.1 Å². The fourth-order valence-electron chi connectivity index (χ4n) is 3.01. The molecular weight excluding hydrogens is 308 g/mol. The van der Waals surface area contributed by atoms with Crippen molar-refractivity contribution >= 4 is 17.4 Å². The SMILES string of the molecule is COc1ccc2c(c1)C(c1cc(N3CCNC(=O)C3)ncn1)NN2. The summed E-state index contributed by atoms with van der Waals surface area (Å²) in [6, 6.07) is 7.69. The first-order valence-corrected chi connectivity index (χ1v) is 7.77. The van der Waals surface area contributed by atoms with Crippen molar-refractivity contribution in [2.24, 2.45) is 0 Å². The number of hydrazine groups is 1. The van der Waals surface area contributed by atoms with Crippen LogP contribution in [0.25, 0.3) is 0 Å². The van der Waals surface area contributed by atoms with E-state index in [1.165, 1.54) is 6.33 Å². The van der Waals surface area contributed by atoms with Crippen LogP contribution >= 0.6 is 0 Å². The van der Waals surface area contributed by atoms with Crippen LogP contribution in [0, 0.1) is 0 Å². The maximum Gasteiger partial charge on any atom is 0.239 e. The largest absolute Gasteiger partial charge is 0.497 e. The van der Waals surface area contributed by atoms with Gasteiger partial charge in [0, 0.05) is 24.7 Å². The van der Waals surface area contributed by atoms with Crippen LogP contribution in [0.15, 0.2) is 30.6 Å². The van der Waals surface area contributed by atoms with Crippen molar-refractivity contribution in [1.29, 1.82) is 0 Å². The Morgan fingerprint density at radius 1 is 1.29 bits per heavy atom. The van der Waals surface area contributed by atoms with E-state index in [1.54, 1.807) is 7.11 Å². The van der Waals surface area contributed by atoms with Crippen molar-refractivity contribution in [1.82, 2.24) is 20.7 Å². The molecule has 8 heteroatoms. The minimum absolute atomic E-state index is 0.0113. The van der Waals surface area contributed by atoms with Gasteiger partial charge in [-0.2, -0.15) is 0 Å². The van der Waals surface area contributed by atoms with Crippen molar-refractivity contribution in [3.05, 3.63) is 41.9 Å². The highest BCUT2D eigenvalue weighted by molar-refractivity contribution is 5.82. The summed E-state index contributed by atoms with van der Waals surface area (Å²) in [4.78, 5) is 22.3. The van der Waals surface area contributed by atoms with Crippen molar-refractivity contribution in [2.45, 2.75) is 6.04 Å². The normalized spacial score (nSPS) is 19.5. The first-order chi connectivity index (χ1) is 11.7. The molecule has 3 N–H and O–H groups in total. The van der Waals surface area contributed by atoms with Gasteiger partial charge in [-0.15, -0.1) is 0 Å². The van der Waals surface area contributed by atoms with Crippen LogP contribution in [0.1, 0.15) is 17.3 Å². The number of nitrogens with zero attached hydrogens (tertiary/aromatic N) is 3. The molecule has 1 aromatic heterocycles. The standard InChI is InChI=1S/C16H18N6O2/c1-24-10-2-3-12-11(6-10)16(21-20-12)13-7-14(19-9-18-13)22-5-4-17-15(23)8-22/h2-3,6-7,9,16,20-21H,4-5,8H2,1H3,(H,17,23). The van der Waals surface area contributed by atoms with E-state index in [0.717, 1.165) is 35.1 Å². The molecule has 8 nitrogen and oxygen atoms in total. The molecule has 0 bridgehead atoms. The van der Waals surface area contributed by atoms with Gasteiger partial charge in [-0.3, -0.25) is 4.79 Å². The third-order valence-electron chi connectivity index (χ3n) is 4.25. The number of amides is 1. The van der Waals surface area contributed by atoms with Crippen LogP contribution in [0.2, 0.25) is 0 Å². The molecule has 2 aliphatic rings. The molecule has 3 heterocycles. The maximum absolute atomic E-state index is 11.6. The molecule has 1 saturated heterocycles. The first-order valence-electron chi connectivity index (χ1n) is 7.77. The van der Waals surface area contributed by atoms with E-state index in [-0.39, 0.29) is 11.9 Å². The lowest BCUT2D eigenvalue weighted by molar-refractivity contribution is -0.120. The van der Waals surface area contributed by atoms with E-state index < -0.39 is 0 Å². The Balaban J connectivity index is 1.64. The summed E-state index contributed by atoms with van der Waals surface area (Å²) < 4.78 is 5.31. The predicted molar refractivity (Wildman–Crippen MR) is 88.9 cm³/mol. The Hall–Kier alpha value is -2.87. The smallest absolute Gasteiger partial charge is 0.239 e. The Kier molecular flexibility index (Phi) is 3.66. The molecule has 1 aromatic carbocycles. The fourth-order valence-corrected chi connectivity index (χ4v) is 3.01. The molecule has 4 rings (SSSR count). The predicted octanol–water partition coefficient (Wildman–Crippen LogP) is 0.441.